The molecule has 1 atom stereocenters. The summed E-state index contributed by atoms with van der Waals surface area (Å²) in [4.78, 5) is 0. The van der Waals surface area contributed by atoms with Crippen LogP contribution in [0, 0.1) is 12.7 Å². The highest BCUT2D eigenvalue weighted by molar-refractivity contribution is 5.25. The van der Waals surface area contributed by atoms with Crippen molar-refractivity contribution in [2.75, 3.05) is 6.54 Å². The van der Waals surface area contributed by atoms with Gasteiger partial charge in [0.25, 0.3) is 0 Å². The lowest BCUT2D eigenvalue weighted by Crippen LogP contribution is -2.20. The van der Waals surface area contributed by atoms with Gasteiger partial charge in [-0.25, -0.2) is 4.39 Å². The van der Waals surface area contributed by atoms with Crippen molar-refractivity contribution in [3.05, 3.63) is 35.1 Å². The van der Waals surface area contributed by atoms with Gasteiger partial charge in [0.1, 0.15) is 5.82 Å². The van der Waals surface area contributed by atoms with Gasteiger partial charge in [0.05, 0.1) is 0 Å². The first-order valence-electron chi connectivity index (χ1n) is 6.36. The Morgan fingerprint density at radius 3 is 2.47 bits per heavy atom. The van der Waals surface area contributed by atoms with E-state index in [1.807, 2.05) is 13.0 Å². The Hall–Kier alpha value is -1.10. The van der Waals surface area contributed by atoms with Crippen LogP contribution in [0.4, 0.5) is 17.6 Å². The minimum atomic E-state index is -4.08. The zero-order chi connectivity index (χ0) is 14.5. The number of benzene rings is 1. The van der Waals surface area contributed by atoms with Gasteiger partial charge in [-0.2, -0.15) is 13.2 Å². The molecule has 5 heteroatoms. The average molecular weight is 277 g/mol. The molecule has 0 fully saturated rings. The quantitative estimate of drug-likeness (QED) is 0.595. The molecule has 108 valence electrons. The highest BCUT2D eigenvalue weighted by Gasteiger charge is 2.25. The molecule has 0 spiro atoms. The summed E-state index contributed by atoms with van der Waals surface area (Å²) < 4.78 is 49.1. The largest absolute Gasteiger partial charge is 0.389 e. The number of alkyl halides is 3. The molecular weight excluding hydrogens is 258 g/mol. The summed E-state index contributed by atoms with van der Waals surface area (Å²) in [6, 6.07) is 4.92. The van der Waals surface area contributed by atoms with Crippen LogP contribution in [0.1, 0.15) is 43.4 Å². The van der Waals surface area contributed by atoms with E-state index in [1.165, 1.54) is 6.07 Å². The fourth-order valence-electron chi connectivity index (χ4n) is 1.77. The second-order valence-corrected chi connectivity index (χ2v) is 4.76. The van der Waals surface area contributed by atoms with Gasteiger partial charge in [-0.15, -0.1) is 0 Å². The monoisotopic (exact) mass is 277 g/mol. The van der Waals surface area contributed by atoms with Gasteiger partial charge in [-0.3, -0.25) is 0 Å². The Morgan fingerprint density at radius 1 is 1.21 bits per heavy atom. The van der Waals surface area contributed by atoms with Crippen LogP contribution in [0.25, 0.3) is 0 Å². The number of rotatable bonds is 6. The molecule has 0 aliphatic carbocycles. The Labute approximate surface area is 111 Å². The van der Waals surface area contributed by atoms with E-state index in [4.69, 9.17) is 0 Å². The molecule has 1 unspecified atom stereocenters. The van der Waals surface area contributed by atoms with E-state index in [2.05, 4.69) is 5.32 Å². The molecule has 1 rings (SSSR count). The third-order valence-corrected chi connectivity index (χ3v) is 3.03. The Bertz CT molecular complexity index is 401. The molecule has 0 saturated carbocycles. The van der Waals surface area contributed by atoms with E-state index in [-0.39, 0.29) is 18.3 Å². The van der Waals surface area contributed by atoms with E-state index in [0.29, 0.717) is 18.5 Å². The minimum absolute atomic E-state index is 0.0685. The molecule has 0 aliphatic heterocycles. The lowest BCUT2D eigenvalue weighted by atomic mass is 10.1. The molecule has 0 radical (unpaired) electrons. The van der Waals surface area contributed by atoms with E-state index in [1.54, 1.807) is 13.0 Å². The number of halogens is 4. The summed E-state index contributed by atoms with van der Waals surface area (Å²) in [6.07, 6.45) is -4.25. The third kappa shape index (κ3) is 6.05. The smallest absolute Gasteiger partial charge is 0.310 e. The first kappa shape index (κ1) is 16.0. The molecule has 0 aliphatic rings. The van der Waals surface area contributed by atoms with Crippen LogP contribution in [0.3, 0.4) is 0 Å². The van der Waals surface area contributed by atoms with Gasteiger partial charge in [0.15, 0.2) is 0 Å². The fourth-order valence-corrected chi connectivity index (χ4v) is 1.77. The molecular formula is C14H19F4N. The van der Waals surface area contributed by atoms with Crippen molar-refractivity contribution in [3.63, 3.8) is 0 Å². The van der Waals surface area contributed by atoms with Crippen LogP contribution >= 0.6 is 0 Å². The fraction of sp³-hybridized carbons (Fsp3) is 0.571. The molecule has 19 heavy (non-hydrogen) atoms. The van der Waals surface area contributed by atoms with Crippen molar-refractivity contribution in [3.8, 4) is 0 Å². The first-order chi connectivity index (χ1) is 8.79. The van der Waals surface area contributed by atoms with Crippen molar-refractivity contribution in [1.82, 2.24) is 5.32 Å². The Morgan fingerprint density at radius 2 is 1.89 bits per heavy atom. The Balaban J connectivity index is 2.31. The molecule has 0 amide bonds. The second-order valence-electron chi connectivity index (χ2n) is 4.76. The van der Waals surface area contributed by atoms with Gasteiger partial charge < -0.3 is 5.32 Å². The Kier molecular flexibility index (Phi) is 5.79. The van der Waals surface area contributed by atoms with Crippen LogP contribution < -0.4 is 5.32 Å². The standard InChI is InChI=1S/C14H19F4N/c1-10-5-6-12(9-13(10)15)11(2)19-8-4-3-7-14(16,17)18/h5-6,9,11,19H,3-4,7-8H2,1-2H3. The SMILES string of the molecule is Cc1ccc(C(C)NCCCCC(F)(F)F)cc1F. The van der Waals surface area contributed by atoms with Crippen molar-refractivity contribution in [2.24, 2.45) is 0 Å². The molecule has 1 aromatic rings. The average Bonchev–Trinajstić information content (AvgIpc) is 2.30. The van der Waals surface area contributed by atoms with Crippen LogP contribution in [-0.4, -0.2) is 12.7 Å². The number of hydrogen-bond acceptors (Lipinski definition) is 1. The van der Waals surface area contributed by atoms with Gasteiger partial charge in [0.2, 0.25) is 0 Å². The normalized spacial score (nSPS) is 13.6. The van der Waals surface area contributed by atoms with Crippen LogP contribution in [0.5, 0.6) is 0 Å². The number of unbranched alkanes of at least 4 members (excludes halogenated alkanes) is 1. The molecule has 0 aromatic heterocycles. The zero-order valence-corrected chi connectivity index (χ0v) is 11.1. The molecule has 0 saturated heterocycles. The van der Waals surface area contributed by atoms with Crippen LogP contribution in [0.2, 0.25) is 0 Å². The molecule has 1 nitrogen and oxygen atoms in total. The summed E-state index contributed by atoms with van der Waals surface area (Å²) in [7, 11) is 0. The van der Waals surface area contributed by atoms with Gasteiger partial charge >= 0.3 is 6.18 Å². The molecule has 1 aromatic carbocycles. The number of hydrogen-bond donors (Lipinski definition) is 1. The van der Waals surface area contributed by atoms with E-state index in [9.17, 15) is 17.6 Å². The van der Waals surface area contributed by atoms with E-state index in [0.717, 1.165) is 5.56 Å². The summed E-state index contributed by atoms with van der Waals surface area (Å²) >= 11 is 0. The maximum Gasteiger partial charge on any atom is 0.389 e. The van der Waals surface area contributed by atoms with Gasteiger partial charge in [0, 0.05) is 12.5 Å². The van der Waals surface area contributed by atoms with Crippen molar-refractivity contribution in [2.45, 2.75) is 45.3 Å². The summed E-state index contributed by atoms with van der Waals surface area (Å²) in [5, 5.41) is 3.10. The van der Waals surface area contributed by atoms with Crippen LogP contribution in [0.15, 0.2) is 18.2 Å². The van der Waals surface area contributed by atoms with E-state index >= 15 is 0 Å². The van der Waals surface area contributed by atoms with Crippen molar-refractivity contribution < 1.29 is 17.6 Å². The topological polar surface area (TPSA) is 12.0 Å². The maximum absolute atomic E-state index is 13.4. The van der Waals surface area contributed by atoms with Crippen LogP contribution in [-0.2, 0) is 0 Å². The van der Waals surface area contributed by atoms with Crippen molar-refractivity contribution in [1.29, 1.82) is 0 Å². The number of nitrogens with one attached hydrogen (secondary N) is 1. The molecule has 1 N–H and O–H groups in total. The lowest BCUT2D eigenvalue weighted by molar-refractivity contribution is -0.135. The summed E-state index contributed by atoms with van der Waals surface area (Å²) in [6.45, 7) is 4.05. The van der Waals surface area contributed by atoms with Gasteiger partial charge in [-0.05, 0) is 50.4 Å². The molecule has 0 heterocycles. The van der Waals surface area contributed by atoms with Gasteiger partial charge in [-0.1, -0.05) is 12.1 Å². The van der Waals surface area contributed by atoms with E-state index < -0.39 is 12.6 Å². The highest BCUT2D eigenvalue weighted by Crippen LogP contribution is 2.22. The third-order valence-electron chi connectivity index (χ3n) is 3.03. The predicted molar refractivity (Wildman–Crippen MR) is 67.5 cm³/mol. The summed E-state index contributed by atoms with van der Waals surface area (Å²) in [5.41, 5.74) is 1.39. The van der Waals surface area contributed by atoms with Crippen molar-refractivity contribution >= 4 is 0 Å². The lowest BCUT2D eigenvalue weighted by Gasteiger charge is -2.15. The summed E-state index contributed by atoms with van der Waals surface area (Å²) in [5.74, 6) is -0.261. The first-order valence-corrected chi connectivity index (χ1v) is 6.36. The zero-order valence-electron chi connectivity index (χ0n) is 11.1. The highest BCUT2D eigenvalue weighted by atomic mass is 19.4. The maximum atomic E-state index is 13.4. The predicted octanol–water partition coefficient (Wildman–Crippen LogP) is 4.52. The second kappa shape index (κ2) is 6.89. The minimum Gasteiger partial charge on any atom is -0.310 e. The number of aryl methyl sites for hydroxylation is 1. The molecule has 0 bridgehead atoms.